The second-order valence-corrected chi connectivity index (χ2v) is 6.70. The molecule has 2 aliphatic heterocycles. The van der Waals surface area contributed by atoms with Crippen LogP contribution in [0, 0.1) is 0 Å². The Balaban J connectivity index is 1.71. The highest BCUT2D eigenvalue weighted by molar-refractivity contribution is 5.99. The third kappa shape index (κ3) is 3.38. The van der Waals surface area contributed by atoms with Crippen molar-refractivity contribution in [3.8, 4) is 0 Å². The third-order valence-corrected chi connectivity index (χ3v) is 5.05. The fourth-order valence-corrected chi connectivity index (χ4v) is 3.54. The monoisotopic (exact) mass is 343 g/mol. The van der Waals surface area contributed by atoms with Crippen LogP contribution in [0.25, 0.3) is 0 Å². The van der Waals surface area contributed by atoms with Gasteiger partial charge in [-0.05, 0) is 30.5 Å². The van der Waals surface area contributed by atoms with Gasteiger partial charge in [0, 0.05) is 18.7 Å². The van der Waals surface area contributed by atoms with Crippen LogP contribution < -0.4 is 5.32 Å². The first-order chi connectivity index (χ1) is 12.0. The quantitative estimate of drug-likeness (QED) is 0.893. The van der Waals surface area contributed by atoms with E-state index in [1.807, 2.05) is 31.2 Å². The topological polar surface area (TPSA) is 69.7 Å². The molecule has 3 rings (SSSR count). The third-order valence-electron chi connectivity index (χ3n) is 5.05. The number of piperazine rings is 2. The summed E-state index contributed by atoms with van der Waals surface area (Å²) in [5.74, 6) is -0.263. The molecule has 0 unspecified atom stereocenters. The molecule has 25 heavy (non-hydrogen) atoms. The molecule has 0 aromatic heterocycles. The summed E-state index contributed by atoms with van der Waals surface area (Å²) in [6.07, 6.45) is 2.42. The standard InChI is InChI=1S/C19H25N3O3/c1-3-5-15-19(25)22-11-10-21(12-16(22)17(23)20-15)18(24)14-8-6-13(4-2)7-9-14/h6-9,15-16H,3-5,10-12H2,1-2H3,(H,20,23)/t15-,16+/m0/s1. The first-order valence-corrected chi connectivity index (χ1v) is 9.04. The van der Waals surface area contributed by atoms with Gasteiger partial charge in [0.15, 0.2) is 0 Å². The van der Waals surface area contributed by atoms with Crippen LogP contribution in [0.2, 0.25) is 0 Å². The summed E-state index contributed by atoms with van der Waals surface area (Å²) >= 11 is 0. The summed E-state index contributed by atoms with van der Waals surface area (Å²) in [6, 6.07) is 6.57. The highest BCUT2D eigenvalue weighted by atomic mass is 16.2. The first-order valence-electron chi connectivity index (χ1n) is 9.04. The molecule has 1 N–H and O–H groups in total. The van der Waals surface area contributed by atoms with Crippen LogP contribution in [0.15, 0.2) is 24.3 Å². The molecule has 1 aromatic rings. The minimum absolute atomic E-state index is 0.0224. The summed E-state index contributed by atoms with van der Waals surface area (Å²) in [4.78, 5) is 41.0. The number of aryl methyl sites for hydroxylation is 1. The molecule has 0 spiro atoms. The van der Waals surface area contributed by atoms with Gasteiger partial charge in [0.05, 0.1) is 6.54 Å². The molecule has 2 atom stereocenters. The number of fused-ring (bicyclic) bond motifs is 1. The Hall–Kier alpha value is -2.37. The van der Waals surface area contributed by atoms with E-state index in [0.29, 0.717) is 25.1 Å². The van der Waals surface area contributed by atoms with Crippen molar-refractivity contribution in [2.75, 3.05) is 19.6 Å². The van der Waals surface area contributed by atoms with Crippen molar-refractivity contribution >= 4 is 17.7 Å². The molecule has 2 fully saturated rings. The summed E-state index contributed by atoms with van der Waals surface area (Å²) in [5, 5.41) is 2.81. The number of rotatable bonds is 4. The van der Waals surface area contributed by atoms with E-state index in [1.165, 1.54) is 5.56 Å². The van der Waals surface area contributed by atoms with Crippen LogP contribution in [-0.4, -0.2) is 59.2 Å². The molecule has 134 valence electrons. The smallest absolute Gasteiger partial charge is 0.253 e. The summed E-state index contributed by atoms with van der Waals surface area (Å²) in [5.41, 5.74) is 1.80. The zero-order valence-electron chi connectivity index (χ0n) is 14.8. The van der Waals surface area contributed by atoms with Gasteiger partial charge in [0.2, 0.25) is 11.8 Å². The van der Waals surface area contributed by atoms with Crippen molar-refractivity contribution in [3.63, 3.8) is 0 Å². The predicted molar refractivity (Wildman–Crippen MR) is 94.1 cm³/mol. The minimum atomic E-state index is -0.576. The van der Waals surface area contributed by atoms with Crippen LogP contribution in [-0.2, 0) is 16.0 Å². The van der Waals surface area contributed by atoms with Gasteiger partial charge in [-0.3, -0.25) is 14.4 Å². The van der Waals surface area contributed by atoms with Crippen molar-refractivity contribution in [2.24, 2.45) is 0 Å². The van der Waals surface area contributed by atoms with Crippen molar-refractivity contribution in [1.29, 1.82) is 0 Å². The van der Waals surface area contributed by atoms with E-state index in [4.69, 9.17) is 0 Å². The Kier molecular flexibility index (Phi) is 5.06. The van der Waals surface area contributed by atoms with Crippen molar-refractivity contribution in [2.45, 2.75) is 45.2 Å². The number of nitrogens with one attached hydrogen (secondary N) is 1. The fraction of sp³-hybridized carbons (Fsp3) is 0.526. The Morgan fingerprint density at radius 3 is 2.52 bits per heavy atom. The van der Waals surface area contributed by atoms with Gasteiger partial charge in [-0.15, -0.1) is 0 Å². The molecule has 1 aromatic carbocycles. The van der Waals surface area contributed by atoms with E-state index in [9.17, 15) is 14.4 Å². The van der Waals surface area contributed by atoms with E-state index in [2.05, 4.69) is 12.2 Å². The molecule has 2 aliphatic rings. The van der Waals surface area contributed by atoms with E-state index >= 15 is 0 Å². The summed E-state index contributed by atoms with van der Waals surface area (Å²) in [6.45, 7) is 5.19. The van der Waals surface area contributed by atoms with Crippen LogP contribution in [0.5, 0.6) is 0 Å². The largest absolute Gasteiger partial charge is 0.342 e. The lowest BCUT2D eigenvalue weighted by Gasteiger charge is -2.45. The van der Waals surface area contributed by atoms with Crippen LogP contribution in [0.3, 0.4) is 0 Å². The number of nitrogens with zero attached hydrogens (tertiary/aromatic N) is 2. The van der Waals surface area contributed by atoms with E-state index in [0.717, 1.165) is 12.8 Å². The SMILES string of the molecule is CCC[C@@H]1NC(=O)[C@H]2CN(C(=O)c3ccc(CC)cc3)CCN2C1=O. The molecule has 6 heteroatoms. The van der Waals surface area contributed by atoms with Gasteiger partial charge in [-0.1, -0.05) is 32.4 Å². The van der Waals surface area contributed by atoms with Crippen LogP contribution in [0.4, 0.5) is 0 Å². The Labute approximate surface area is 148 Å². The molecule has 2 heterocycles. The fourth-order valence-electron chi connectivity index (χ4n) is 3.54. The number of benzene rings is 1. The molecule has 0 saturated carbocycles. The lowest BCUT2D eigenvalue weighted by molar-refractivity contribution is -0.152. The van der Waals surface area contributed by atoms with Crippen molar-refractivity contribution in [1.82, 2.24) is 15.1 Å². The van der Waals surface area contributed by atoms with Gasteiger partial charge in [-0.25, -0.2) is 0 Å². The van der Waals surface area contributed by atoms with Crippen molar-refractivity contribution in [3.05, 3.63) is 35.4 Å². The number of hydrogen-bond acceptors (Lipinski definition) is 3. The highest BCUT2D eigenvalue weighted by Crippen LogP contribution is 2.20. The molecular weight excluding hydrogens is 318 g/mol. The molecule has 0 aliphatic carbocycles. The highest BCUT2D eigenvalue weighted by Gasteiger charge is 2.43. The van der Waals surface area contributed by atoms with Gasteiger partial charge in [0.1, 0.15) is 12.1 Å². The lowest BCUT2D eigenvalue weighted by atomic mass is 10.0. The molecule has 0 radical (unpaired) electrons. The van der Waals surface area contributed by atoms with Crippen molar-refractivity contribution < 1.29 is 14.4 Å². The average molecular weight is 343 g/mol. The lowest BCUT2D eigenvalue weighted by Crippen LogP contribution is -2.69. The molecule has 2 saturated heterocycles. The molecule has 0 bridgehead atoms. The van der Waals surface area contributed by atoms with Crippen LogP contribution >= 0.6 is 0 Å². The van der Waals surface area contributed by atoms with E-state index < -0.39 is 12.1 Å². The zero-order valence-corrected chi connectivity index (χ0v) is 14.8. The number of amides is 3. The van der Waals surface area contributed by atoms with Gasteiger partial charge in [-0.2, -0.15) is 0 Å². The Bertz CT molecular complexity index is 671. The molecule has 3 amide bonds. The zero-order chi connectivity index (χ0) is 18.0. The van der Waals surface area contributed by atoms with Crippen LogP contribution in [0.1, 0.15) is 42.6 Å². The maximum Gasteiger partial charge on any atom is 0.253 e. The Morgan fingerprint density at radius 2 is 1.88 bits per heavy atom. The summed E-state index contributed by atoms with van der Waals surface area (Å²) < 4.78 is 0. The van der Waals surface area contributed by atoms with Gasteiger partial charge in [0.25, 0.3) is 5.91 Å². The van der Waals surface area contributed by atoms with Gasteiger partial charge >= 0.3 is 0 Å². The predicted octanol–water partition coefficient (Wildman–Crippen LogP) is 1.20. The second-order valence-electron chi connectivity index (χ2n) is 6.70. The van der Waals surface area contributed by atoms with E-state index in [1.54, 1.807) is 9.80 Å². The normalized spacial score (nSPS) is 23.3. The maximum atomic E-state index is 12.7. The average Bonchev–Trinajstić information content (AvgIpc) is 2.65. The first kappa shape index (κ1) is 17.5. The minimum Gasteiger partial charge on any atom is -0.342 e. The molecular formula is C19H25N3O3. The Morgan fingerprint density at radius 1 is 1.16 bits per heavy atom. The van der Waals surface area contributed by atoms with E-state index in [-0.39, 0.29) is 24.3 Å². The summed E-state index contributed by atoms with van der Waals surface area (Å²) in [7, 11) is 0. The molecule has 6 nitrogen and oxygen atoms in total. The number of carbonyl (C=O) groups is 3. The maximum absolute atomic E-state index is 12.7. The number of hydrogen-bond donors (Lipinski definition) is 1. The van der Waals surface area contributed by atoms with Gasteiger partial charge < -0.3 is 15.1 Å². The number of carbonyl (C=O) groups excluding carboxylic acids is 3. The second kappa shape index (κ2) is 7.25.